The second kappa shape index (κ2) is 9.25. The van der Waals surface area contributed by atoms with Gasteiger partial charge in [-0.3, -0.25) is 0 Å². The fraction of sp³-hybridized carbons (Fsp3) is 0.296. The van der Waals surface area contributed by atoms with Crippen molar-refractivity contribution >= 4 is 6.16 Å². The summed E-state index contributed by atoms with van der Waals surface area (Å²) in [5.41, 5.74) is 5.40. The molecule has 0 saturated carbocycles. The number of hydrogen-bond acceptors (Lipinski definition) is 4. The van der Waals surface area contributed by atoms with Gasteiger partial charge in [-0.05, 0) is 60.7 Å². The van der Waals surface area contributed by atoms with Gasteiger partial charge >= 0.3 is 6.16 Å². The standard InChI is InChI=1S/C27H30O4/c1-7-20-11-13-24(25(17-20)29-6)31-26(28)30-23-14-12-22(16-19(23)3)27(4,5)21-10-8-9-18(2)15-21/h8-17H,7H2,1-6H3. The molecule has 0 aliphatic rings. The van der Waals surface area contributed by atoms with E-state index in [-0.39, 0.29) is 5.41 Å². The molecule has 0 bridgehead atoms. The third kappa shape index (κ3) is 5.08. The lowest BCUT2D eigenvalue weighted by Gasteiger charge is -2.27. The molecule has 0 unspecified atom stereocenters. The van der Waals surface area contributed by atoms with Gasteiger partial charge in [-0.2, -0.15) is 0 Å². The van der Waals surface area contributed by atoms with E-state index in [1.807, 2.05) is 31.2 Å². The Morgan fingerprint density at radius 3 is 2.16 bits per heavy atom. The minimum absolute atomic E-state index is 0.176. The van der Waals surface area contributed by atoms with Gasteiger partial charge in [-0.15, -0.1) is 0 Å². The van der Waals surface area contributed by atoms with Crippen molar-refractivity contribution in [1.29, 1.82) is 0 Å². The van der Waals surface area contributed by atoms with Crippen LogP contribution in [0.15, 0.2) is 60.7 Å². The van der Waals surface area contributed by atoms with Crippen LogP contribution in [0.5, 0.6) is 17.2 Å². The zero-order chi connectivity index (χ0) is 22.6. The van der Waals surface area contributed by atoms with Gasteiger partial charge in [0.1, 0.15) is 5.75 Å². The first kappa shape index (κ1) is 22.4. The van der Waals surface area contributed by atoms with Gasteiger partial charge in [0.15, 0.2) is 11.5 Å². The highest BCUT2D eigenvalue weighted by molar-refractivity contribution is 5.69. The minimum atomic E-state index is -0.795. The highest BCUT2D eigenvalue weighted by Crippen LogP contribution is 2.35. The van der Waals surface area contributed by atoms with Crippen LogP contribution < -0.4 is 14.2 Å². The molecule has 3 rings (SSSR count). The molecular weight excluding hydrogens is 388 g/mol. The summed E-state index contributed by atoms with van der Waals surface area (Å²) in [6.07, 6.45) is 0.0715. The van der Waals surface area contributed by atoms with Gasteiger partial charge in [0.05, 0.1) is 7.11 Å². The van der Waals surface area contributed by atoms with Crippen LogP contribution in [0, 0.1) is 13.8 Å². The quantitative estimate of drug-likeness (QED) is 0.327. The van der Waals surface area contributed by atoms with E-state index in [1.165, 1.54) is 11.1 Å². The molecule has 0 radical (unpaired) electrons. The Morgan fingerprint density at radius 1 is 0.839 bits per heavy atom. The first-order valence-corrected chi connectivity index (χ1v) is 10.5. The van der Waals surface area contributed by atoms with Crippen molar-refractivity contribution in [1.82, 2.24) is 0 Å². The molecule has 31 heavy (non-hydrogen) atoms. The maximum atomic E-state index is 12.4. The SMILES string of the molecule is CCc1ccc(OC(=O)Oc2ccc(C(C)(C)c3cccc(C)c3)cc2C)c(OC)c1. The Balaban J connectivity index is 1.77. The van der Waals surface area contributed by atoms with Crippen LogP contribution in [-0.2, 0) is 11.8 Å². The molecule has 0 N–H and O–H groups in total. The molecule has 0 atom stereocenters. The van der Waals surface area contributed by atoms with E-state index >= 15 is 0 Å². The van der Waals surface area contributed by atoms with Crippen LogP contribution in [0.4, 0.5) is 4.79 Å². The summed E-state index contributed by atoms with van der Waals surface area (Å²) in [5, 5.41) is 0. The first-order valence-electron chi connectivity index (χ1n) is 10.5. The predicted octanol–water partition coefficient (Wildman–Crippen LogP) is 6.78. The van der Waals surface area contributed by atoms with E-state index in [4.69, 9.17) is 14.2 Å². The van der Waals surface area contributed by atoms with Crippen LogP contribution in [0.25, 0.3) is 0 Å². The molecule has 0 spiro atoms. The summed E-state index contributed by atoms with van der Waals surface area (Å²) < 4.78 is 16.2. The molecule has 0 saturated heterocycles. The van der Waals surface area contributed by atoms with Crippen LogP contribution in [0.1, 0.15) is 48.6 Å². The van der Waals surface area contributed by atoms with Gasteiger partial charge in [0.2, 0.25) is 0 Å². The highest BCUT2D eigenvalue weighted by atomic mass is 16.7. The fourth-order valence-corrected chi connectivity index (χ4v) is 3.57. The molecule has 0 aliphatic carbocycles. The number of benzene rings is 3. The van der Waals surface area contributed by atoms with Crippen LogP contribution in [-0.4, -0.2) is 13.3 Å². The lowest BCUT2D eigenvalue weighted by molar-refractivity contribution is 0.150. The average Bonchev–Trinajstić information content (AvgIpc) is 2.75. The van der Waals surface area contributed by atoms with Gasteiger partial charge in [-0.25, -0.2) is 4.79 Å². The molecule has 162 valence electrons. The second-order valence-corrected chi connectivity index (χ2v) is 8.27. The normalized spacial score (nSPS) is 11.2. The minimum Gasteiger partial charge on any atom is -0.493 e. The van der Waals surface area contributed by atoms with E-state index in [1.54, 1.807) is 13.2 Å². The number of rotatable bonds is 6. The lowest BCUT2D eigenvalue weighted by Crippen LogP contribution is -2.20. The van der Waals surface area contributed by atoms with Gasteiger partial charge < -0.3 is 14.2 Å². The van der Waals surface area contributed by atoms with Crippen molar-refractivity contribution in [2.45, 2.75) is 46.5 Å². The molecule has 3 aromatic rings. The topological polar surface area (TPSA) is 44.8 Å². The molecule has 0 heterocycles. The molecule has 0 aliphatic heterocycles. The molecule has 0 amide bonds. The van der Waals surface area contributed by atoms with Crippen molar-refractivity contribution in [3.63, 3.8) is 0 Å². The van der Waals surface area contributed by atoms with Crippen molar-refractivity contribution in [2.24, 2.45) is 0 Å². The third-order valence-electron chi connectivity index (χ3n) is 5.66. The summed E-state index contributed by atoms with van der Waals surface area (Å²) in [7, 11) is 1.55. The average molecular weight is 419 g/mol. The maximum Gasteiger partial charge on any atom is 0.519 e. The molecular formula is C27H30O4. The number of carbonyl (C=O) groups excluding carboxylic acids is 1. The molecule has 4 nitrogen and oxygen atoms in total. The molecule has 0 aromatic heterocycles. The van der Waals surface area contributed by atoms with Crippen molar-refractivity contribution in [2.75, 3.05) is 7.11 Å². The van der Waals surface area contributed by atoms with Crippen LogP contribution >= 0.6 is 0 Å². The highest BCUT2D eigenvalue weighted by Gasteiger charge is 2.24. The largest absolute Gasteiger partial charge is 0.519 e. The van der Waals surface area contributed by atoms with Crippen LogP contribution in [0.3, 0.4) is 0 Å². The van der Waals surface area contributed by atoms with Gasteiger partial charge in [0, 0.05) is 5.41 Å². The van der Waals surface area contributed by atoms with E-state index in [2.05, 4.69) is 58.0 Å². The molecule has 0 fully saturated rings. The smallest absolute Gasteiger partial charge is 0.493 e. The number of ether oxygens (including phenoxy) is 3. The van der Waals surface area contributed by atoms with E-state index in [0.29, 0.717) is 17.2 Å². The predicted molar refractivity (Wildman–Crippen MR) is 124 cm³/mol. The second-order valence-electron chi connectivity index (χ2n) is 8.27. The van der Waals surface area contributed by atoms with E-state index < -0.39 is 6.16 Å². The monoisotopic (exact) mass is 418 g/mol. The number of aryl methyl sites for hydroxylation is 3. The summed E-state index contributed by atoms with van der Waals surface area (Å²) >= 11 is 0. The van der Waals surface area contributed by atoms with E-state index in [0.717, 1.165) is 23.1 Å². The number of methoxy groups -OCH3 is 1. The Labute approximate surface area is 184 Å². The zero-order valence-corrected chi connectivity index (χ0v) is 19.1. The van der Waals surface area contributed by atoms with E-state index in [9.17, 15) is 4.79 Å². The number of hydrogen-bond donors (Lipinski definition) is 0. The Kier molecular flexibility index (Phi) is 6.69. The summed E-state index contributed by atoms with van der Waals surface area (Å²) in [4.78, 5) is 12.4. The maximum absolute atomic E-state index is 12.4. The third-order valence-corrected chi connectivity index (χ3v) is 5.66. The lowest BCUT2D eigenvalue weighted by atomic mass is 9.77. The summed E-state index contributed by atoms with van der Waals surface area (Å²) in [6, 6.07) is 19.9. The number of carbonyl (C=O) groups is 1. The summed E-state index contributed by atoms with van der Waals surface area (Å²) in [6.45, 7) is 10.5. The molecule has 3 aromatic carbocycles. The Morgan fingerprint density at radius 2 is 1.52 bits per heavy atom. The Hall–Kier alpha value is -3.27. The van der Waals surface area contributed by atoms with Crippen molar-refractivity contribution < 1.29 is 19.0 Å². The van der Waals surface area contributed by atoms with Crippen molar-refractivity contribution in [3.8, 4) is 17.2 Å². The first-order chi connectivity index (χ1) is 14.7. The molecule has 4 heteroatoms. The van der Waals surface area contributed by atoms with Crippen molar-refractivity contribution in [3.05, 3.63) is 88.5 Å². The zero-order valence-electron chi connectivity index (χ0n) is 19.1. The van der Waals surface area contributed by atoms with Crippen LogP contribution in [0.2, 0.25) is 0 Å². The fourth-order valence-electron chi connectivity index (χ4n) is 3.57. The van der Waals surface area contributed by atoms with Gasteiger partial charge in [-0.1, -0.05) is 68.8 Å². The summed E-state index contributed by atoms with van der Waals surface area (Å²) in [5.74, 6) is 1.31. The van der Waals surface area contributed by atoms with Gasteiger partial charge in [0.25, 0.3) is 0 Å². The Bertz CT molecular complexity index is 1080.